The van der Waals surface area contributed by atoms with Crippen LogP contribution in [0.25, 0.3) is 38.6 Å². The molecule has 0 radical (unpaired) electrons. The first-order valence-electron chi connectivity index (χ1n) is 24.1. The number of anilines is 2. The molecule has 2 spiro atoms. The van der Waals surface area contributed by atoms with Crippen molar-refractivity contribution in [3.63, 3.8) is 0 Å². The number of para-hydroxylation sites is 2. The smallest absolute Gasteiger partial charge is 0.132 e. The summed E-state index contributed by atoms with van der Waals surface area (Å²) in [6.07, 6.45) is 6.68. The maximum Gasteiger partial charge on any atom is 0.132 e. The van der Waals surface area contributed by atoms with E-state index in [-0.39, 0.29) is 0 Å². The van der Waals surface area contributed by atoms with E-state index in [0.717, 1.165) is 46.8 Å². The number of ether oxygens (including phenoxy) is 1. The summed E-state index contributed by atoms with van der Waals surface area (Å²) in [6.45, 7) is 0. The third kappa shape index (κ3) is 5.18. The standard InChI is InChI=1S/C66H43NOS/c1-2-19-42(20-3-1)44-21-6-13-31-58(44)67(43-37-38-46-45-22-4-7-25-50(45)65(57(46)41-43)52-27-9-14-33-60(52)68-61-34-15-10-28-53(61)65)59-32-18-24-48-47(59)39-40-56-64(48)49-23-5-8-26-51(49)66(56)54-29-11-16-35-62(54)69-63-36-17-12-30-55(63)66/h1-5,7-20,22-41H,6,21H2. The number of hydrogen-bond donors (Lipinski definition) is 0. The van der Waals surface area contributed by atoms with E-state index < -0.39 is 10.8 Å². The number of nitrogens with zero attached hydrogens (tertiary/aromatic N) is 1. The maximum atomic E-state index is 6.76. The summed E-state index contributed by atoms with van der Waals surface area (Å²) < 4.78 is 6.76. The van der Waals surface area contributed by atoms with Gasteiger partial charge in [0.1, 0.15) is 11.5 Å². The van der Waals surface area contributed by atoms with Crippen molar-refractivity contribution in [1.82, 2.24) is 0 Å². The first kappa shape index (κ1) is 38.9. The lowest BCUT2D eigenvalue weighted by molar-refractivity contribution is 0.436. The summed E-state index contributed by atoms with van der Waals surface area (Å²) in [5.74, 6) is 1.79. The molecule has 0 N–H and O–H groups in total. The van der Waals surface area contributed by atoms with Gasteiger partial charge in [-0.05, 0) is 134 Å². The molecule has 2 aliphatic heterocycles. The van der Waals surface area contributed by atoms with Gasteiger partial charge in [-0.2, -0.15) is 0 Å². The van der Waals surface area contributed by atoms with Crippen molar-refractivity contribution >= 4 is 39.5 Å². The molecule has 15 rings (SSSR count). The minimum Gasteiger partial charge on any atom is -0.457 e. The van der Waals surface area contributed by atoms with Gasteiger partial charge in [0.2, 0.25) is 0 Å². The molecule has 69 heavy (non-hydrogen) atoms. The van der Waals surface area contributed by atoms with Gasteiger partial charge < -0.3 is 9.64 Å². The molecule has 0 amide bonds. The highest BCUT2D eigenvalue weighted by atomic mass is 32.2. The normalized spacial score (nSPS) is 15.6. The molecule has 2 nitrogen and oxygen atoms in total. The first-order valence-corrected chi connectivity index (χ1v) is 25.0. The van der Waals surface area contributed by atoms with Gasteiger partial charge >= 0.3 is 0 Å². The second-order valence-electron chi connectivity index (χ2n) is 18.9. The summed E-state index contributed by atoms with van der Waals surface area (Å²) >= 11 is 1.89. The predicted molar refractivity (Wildman–Crippen MR) is 283 cm³/mol. The predicted octanol–water partition coefficient (Wildman–Crippen LogP) is 17.0. The second-order valence-corrected chi connectivity index (χ2v) is 20.0. The lowest BCUT2D eigenvalue weighted by Crippen LogP contribution is -2.32. The maximum absolute atomic E-state index is 6.76. The van der Waals surface area contributed by atoms with Crippen LogP contribution in [0.3, 0.4) is 0 Å². The zero-order chi connectivity index (χ0) is 45.3. The Morgan fingerprint density at radius 1 is 0.420 bits per heavy atom. The van der Waals surface area contributed by atoms with Gasteiger partial charge in [-0.3, -0.25) is 0 Å². The topological polar surface area (TPSA) is 12.5 Å². The highest BCUT2D eigenvalue weighted by Crippen LogP contribution is 2.65. The summed E-state index contributed by atoms with van der Waals surface area (Å²) in [5.41, 5.74) is 20.4. The van der Waals surface area contributed by atoms with Crippen LogP contribution in [0.4, 0.5) is 11.4 Å². The van der Waals surface area contributed by atoms with Gasteiger partial charge in [0, 0.05) is 37.7 Å². The van der Waals surface area contributed by atoms with Crippen LogP contribution >= 0.6 is 11.8 Å². The molecule has 10 aromatic carbocycles. The third-order valence-corrected chi connectivity index (χ3v) is 16.8. The van der Waals surface area contributed by atoms with Gasteiger partial charge in [-0.15, -0.1) is 0 Å². The number of benzene rings is 10. The van der Waals surface area contributed by atoms with Crippen LogP contribution in [0.15, 0.2) is 252 Å². The molecular formula is C66H43NOS. The zero-order valence-corrected chi connectivity index (χ0v) is 38.5. The van der Waals surface area contributed by atoms with Gasteiger partial charge in [0.05, 0.1) is 16.5 Å². The number of fused-ring (bicyclic) bond motifs is 20. The van der Waals surface area contributed by atoms with E-state index in [0.29, 0.717) is 0 Å². The van der Waals surface area contributed by atoms with Crippen LogP contribution in [0, 0.1) is 0 Å². The molecule has 0 saturated carbocycles. The van der Waals surface area contributed by atoms with E-state index in [2.05, 4.69) is 242 Å². The molecule has 10 aromatic rings. The van der Waals surface area contributed by atoms with Gasteiger partial charge in [0.15, 0.2) is 0 Å². The van der Waals surface area contributed by atoms with Crippen LogP contribution < -0.4 is 9.64 Å². The molecule has 0 saturated heterocycles. The fourth-order valence-electron chi connectivity index (χ4n) is 13.1. The number of allylic oxidation sites excluding steroid dienone is 3. The van der Waals surface area contributed by atoms with Crippen LogP contribution in [0.2, 0.25) is 0 Å². The van der Waals surface area contributed by atoms with E-state index >= 15 is 0 Å². The van der Waals surface area contributed by atoms with E-state index in [1.165, 1.54) is 93.0 Å². The number of rotatable bonds is 4. The zero-order valence-electron chi connectivity index (χ0n) is 37.7. The Kier molecular flexibility index (Phi) is 8.29. The Morgan fingerprint density at radius 3 is 1.72 bits per heavy atom. The quantitative estimate of drug-likeness (QED) is 0.175. The minimum absolute atomic E-state index is 0.455. The monoisotopic (exact) mass is 897 g/mol. The first-order chi connectivity index (χ1) is 34.2. The summed E-state index contributed by atoms with van der Waals surface area (Å²) in [6, 6.07) is 83.9. The van der Waals surface area contributed by atoms with Crippen LogP contribution in [-0.4, -0.2) is 0 Å². The van der Waals surface area contributed by atoms with Crippen molar-refractivity contribution in [1.29, 1.82) is 0 Å². The average molecular weight is 898 g/mol. The van der Waals surface area contributed by atoms with Crippen LogP contribution in [-0.2, 0) is 10.8 Å². The average Bonchev–Trinajstić information content (AvgIpc) is 3.87. The van der Waals surface area contributed by atoms with Crippen LogP contribution in [0.1, 0.15) is 62.9 Å². The highest BCUT2D eigenvalue weighted by molar-refractivity contribution is 7.99. The molecule has 3 heteroatoms. The second kappa shape index (κ2) is 14.7. The molecule has 0 bridgehead atoms. The van der Waals surface area contributed by atoms with E-state index in [1.807, 2.05) is 11.8 Å². The van der Waals surface area contributed by atoms with Crippen LogP contribution in [0.5, 0.6) is 11.5 Å². The summed E-state index contributed by atoms with van der Waals surface area (Å²) in [5, 5.41) is 2.47. The van der Waals surface area contributed by atoms with Crippen molar-refractivity contribution in [3.05, 3.63) is 292 Å². The fourth-order valence-corrected chi connectivity index (χ4v) is 14.3. The van der Waals surface area contributed by atoms with Crippen molar-refractivity contribution in [2.45, 2.75) is 33.5 Å². The Hall–Kier alpha value is -8.11. The number of hydrogen-bond acceptors (Lipinski definition) is 3. The molecule has 324 valence electrons. The Labute approximate surface area is 406 Å². The molecule has 0 fully saturated rings. The summed E-state index contributed by atoms with van der Waals surface area (Å²) in [4.78, 5) is 5.21. The summed E-state index contributed by atoms with van der Waals surface area (Å²) in [7, 11) is 0. The Balaban J connectivity index is 1.03. The van der Waals surface area contributed by atoms with Crippen molar-refractivity contribution < 1.29 is 4.74 Å². The lowest BCUT2D eigenvalue weighted by atomic mass is 9.66. The SMILES string of the molecule is C1=CC(N(c2ccc3c(c2)C2(c4ccccc4Oc4ccccc42)c2ccccc2-3)c2cccc3c4c(ccc23)C2(c3ccccc3Sc3ccccc32)c2ccccc2-4)=C(c2ccccc2)CC1. The third-order valence-electron chi connectivity index (χ3n) is 15.7. The highest BCUT2D eigenvalue weighted by Gasteiger charge is 2.52. The molecule has 0 aromatic heterocycles. The molecule has 0 atom stereocenters. The molecule has 3 aliphatic carbocycles. The molecule has 5 aliphatic rings. The minimum atomic E-state index is -0.597. The van der Waals surface area contributed by atoms with Gasteiger partial charge in [-0.25, -0.2) is 0 Å². The van der Waals surface area contributed by atoms with E-state index in [1.54, 1.807) is 0 Å². The van der Waals surface area contributed by atoms with Gasteiger partial charge in [-0.1, -0.05) is 200 Å². The molecular weight excluding hydrogens is 855 g/mol. The largest absolute Gasteiger partial charge is 0.457 e. The van der Waals surface area contributed by atoms with E-state index in [9.17, 15) is 0 Å². The Bertz CT molecular complexity index is 3790. The molecule has 0 unspecified atom stereocenters. The fraction of sp³-hybridized carbons (Fsp3) is 0.0606. The van der Waals surface area contributed by atoms with E-state index in [4.69, 9.17) is 4.74 Å². The van der Waals surface area contributed by atoms with Gasteiger partial charge in [0.25, 0.3) is 0 Å². The molecule has 2 heterocycles. The van der Waals surface area contributed by atoms with Crippen molar-refractivity contribution in [2.75, 3.05) is 4.90 Å². The lowest BCUT2D eigenvalue weighted by Gasteiger charge is -2.40. The van der Waals surface area contributed by atoms with Crippen molar-refractivity contribution in [2.24, 2.45) is 0 Å². The van der Waals surface area contributed by atoms with Crippen molar-refractivity contribution in [3.8, 4) is 33.8 Å². The Morgan fingerprint density at radius 2 is 1.00 bits per heavy atom.